The quantitative estimate of drug-likeness (QED) is 0.158. The smallest absolute Gasteiger partial charge is 0.184 e. The number of fused-ring (bicyclic) bond motifs is 6. The van der Waals surface area contributed by atoms with Gasteiger partial charge in [0.25, 0.3) is 0 Å². The maximum absolute atomic E-state index is 17.4. The SMILES string of the molecule is Cn1c(-c2cccc(C(F)c3ccc4c(c3)N(c3ccccn3)c3cc5c(cc3[Si]4(c3ccccc3)c3ccccc3)sc3ccccc35)c2)nc2ccccc21. The van der Waals surface area contributed by atoms with Crippen molar-refractivity contribution in [2.75, 3.05) is 4.90 Å². The monoisotopic (exact) mass is 770 g/mol. The van der Waals surface area contributed by atoms with Crippen molar-refractivity contribution < 1.29 is 4.39 Å². The lowest BCUT2D eigenvalue weighted by Crippen LogP contribution is -2.77. The van der Waals surface area contributed by atoms with Gasteiger partial charge in [0.15, 0.2) is 14.2 Å². The summed E-state index contributed by atoms with van der Waals surface area (Å²) in [5, 5.41) is 7.48. The van der Waals surface area contributed by atoms with E-state index in [4.69, 9.17) is 9.97 Å². The molecule has 0 fully saturated rings. The van der Waals surface area contributed by atoms with Crippen LogP contribution in [0.25, 0.3) is 42.6 Å². The van der Waals surface area contributed by atoms with Crippen LogP contribution in [-0.2, 0) is 7.05 Å². The first-order valence-electron chi connectivity index (χ1n) is 19.2. The zero-order valence-electron chi connectivity index (χ0n) is 31.1. The first kappa shape index (κ1) is 33.6. The summed E-state index contributed by atoms with van der Waals surface area (Å²) in [5.41, 5.74) is 6.03. The van der Waals surface area contributed by atoms with Crippen LogP contribution in [0.3, 0.4) is 0 Å². The predicted molar refractivity (Wildman–Crippen MR) is 238 cm³/mol. The number of pyridine rings is 1. The molecule has 4 nitrogen and oxygen atoms in total. The molecule has 11 rings (SSSR count). The molecule has 4 heterocycles. The highest BCUT2D eigenvalue weighted by molar-refractivity contribution is 7.26. The Balaban J connectivity index is 1.18. The normalized spacial score (nSPS) is 13.8. The summed E-state index contributed by atoms with van der Waals surface area (Å²) in [6.07, 6.45) is 0.458. The average molecular weight is 771 g/mol. The molecule has 0 saturated heterocycles. The van der Waals surface area contributed by atoms with E-state index in [9.17, 15) is 0 Å². The van der Waals surface area contributed by atoms with E-state index in [2.05, 4.69) is 131 Å². The Morgan fingerprint density at radius 3 is 2.05 bits per heavy atom. The van der Waals surface area contributed by atoms with Crippen LogP contribution in [0.2, 0.25) is 0 Å². The van der Waals surface area contributed by atoms with E-state index in [1.54, 1.807) is 0 Å². The Morgan fingerprint density at radius 2 is 1.28 bits per heavy atom. The standard InChI is InChI=1S/C50H35FN4SSi/c1-54-41-23-10-9-22-40(41)53-50(54)35-16-14-15-33(29-35)49(51)34-26-27-46-42(30-34)55(48-25-12-13-28-52-48)43-31-39-38-21-8-11-24-44(38)56-45(39)32-47(43)57(46,36-17-4-2-5-18-36)37-19-6-3-7-20-37/h2-32,49H,1H3. The van der Waals surface area contributed by atoms with Crippen molar-refractivity contribution in [3.63, 3.8) is 0 Å². The fourth-order valence-electron chi connectivity index (χ4n) is 9.06. The number of aromatic nitrogens is 3. The molecular weight excluding hydrogens is 736 g/mol. The van der Waals surface area contributed by atoms with Crippen molar-refractivity contribution >= 4 is 88.6 Å². The van der Waals surface area contributed by atoms with Gasteiger partial charge in [0.1, 0.15) is 11.6 Å². The summed E-state index contributed by atoms with van der Waals surface area (Å²) in [7, 11) is -1.01. The number of rotatable bonds is 6. The lowest BCUT2D eigenvalue weighted by atomic mass is 9.99. The van der Waals surface area contributed by atoms with Crippen molar-refractivity contribution in [3.8, 4) is 11.4 Å². The molecular formula is C50H35FN4SSi. The highest BCUT2D eigenvalue weighted by Crippen LogP contribution is 2.44. The number of alkyl halides is 1. The fraction of sp³-hybridized carbons (Fsp3) is 0.0400. The number of imidazole rings is 1. The molecule has 1 unspecified atom stereocenters. The molecule has 0 saturated carbocycles. The van der Waals surface area contributed by atoms with Gasteiger partial charge in [-0.15, -0.1) is 11.3 Å². The highest BCUT2D eigenvalue weighted by atomic mass is 32.1. The maximum Gasteiger partial charge on any atom is 0.184 e. The second kappa shape index (κ2) is 13.2. The van der Waals surface area contributed by atoms with Gasteiger partial charge in [0, 0.05) is 50.4 Å². The molecule has 1 aliphatic rings. The van der Waals surface area contributed by atoms with E-state index in [1.807, 2.05) is 85.2 Å². The van der Waals surface area contributed by atoms with Crippen molar-refractivity contribution in [3.05, 3.63) is 199 Å². The largest absolute Gasteiger partial charge is 0.327 e. The Bertz CT molecular complexity index is 3090. The van der Waals surface area contributed by atoms with Crippen molar-refractivity contribution in [2.24, 2.45) is 7.05 Å². The molecule has 272 valence electrons. The maximum atomic E-state index is 17.4. The van der Waals surface area contributed by atoms with Gasteiger partial charge in [0.2, 0.25) is 0 Å². The average Bonchev–Trinajstić information content (AvgIpc) is 3.82. The van der Waals surface area contributed by atoms with E-state index in [1.165, 1.54) is 40.9 Å². The molecule has 1 aliphatic heterocycles. The summed E-state index contributed by atoms with van der Waals surface area (Å²) in [6.45, 7) is 0. The van der Waals surface area contributed by atoms with Crippen LogP contribution in [0.15, 0.2) is 188 Å². The first-order chi connectivity index (χ1) is 28.1. The van der Waals surface area contributed by atoms with E-state index in [0.29, 0.717) is 11.1 Å². The molecule has 10 aromatic rings. The summed E-state index contributed by atoms with van der Waals surface area (Å²) in [5.74, 6) is 1.60. The number of anilines is 3. The van der Waals surface area contributed by atoms with Crippen LogP contribution in [0, 0.1) is 0 Å². The lowest BCUT2D eigenvalue weighted by Gasteiger charge is -2.45. The van der Waals surface area contributed by atoms with Gasteiger partial charge in [-0.05, 0) is 86.5 Å². The van der Waals surface area contributed by atoms with E-state index >= 15 is 4.39 Å². The van der Waals surface area contributed by atoms with Crippen LogP contribution >= 0.6 is 11.3 Å². The molecule has 3 aromatic heterocycles. The van der Waals surface area contributed by atoms with Gasteiger partial charge >= 0.3 is 0 Å². The molecule has 0 bridgehead atoms. The second-order valence-corrected chi connectivity index (χ2v) is 19.5. The van der Waals surface area contributed by atoms with Gasteiger partial charge in [-0.2, -0.15) is 0 Å². The molecule has 0 amide bonds. The number of benzene rings is 7. The van der Waals surface area contributed by atoms with Gasteiger partial charge in [-0.25, -0.2) is 14.4 Å². The number of para-hydroxylation sites is 2. The fourth-order valence-corrected chi connectivity index (χ4v) is 15.4. The Kier molecular flexibility index (Phi) is 7.81. The minimum Gasteiger partial charge on any atom is -0.327 e. The topological polar surface area (TPSA) is 34.0 Å². The second-order valence-electron chi connectivity index (χ2n) is 14.7. The number of aryl methyl sites for hydroxylation is 1. The van der Waals surface area contributed by atoms with Gasteiger partial charge in [-0.3, -0.25) is 4.90 Å². The van der Waals surface area contributed by atoms with Crippen molar-refractivity contribution in [2.45, 2.75) is 6.17 Å². The van der Waals surface area contributed by atoms with E-state index in [-0.39, 0.29) is 0 Å². The molecule has 7 aromatic carbocycles. The Morgan fingerprint density at radius 1 is 0.579 bits per heavy atom. The lowest BCUT2D eigenvalue weighted by molar-refractivity contribution is 0.402. The van der Waals surface area contributed by atoms with Crippen LogP contribution in [0.4, 0.5) is 21.6 Å². The Labute approximate surface area is 334 Å². The molecule has 0 aliphatic carbocycles. The third-order valence-corrected chi connectivity index (χ3v) is 17.6. The molecule has 1 atom stereocenters. The summed E-state index contributed by atoms with van der Waals surface area (Å²) >= 11 is 1.84. The molecule has 0 spiro atoms. The van der Waals surface area contributed by atoms with Crippen LogP contribution in [-0.4, -0.2) is 22.6 Å². The molecule has 7 heteroatoms. The summed E-state index contributed by atoms with van der Waals surface area (Å²) < 4.78 is 22.0. The Hall–Kier alpha value is -6.67. The minimum atomic E-state index is -3.03. The van der Waals surface area contributed by atoms with E-state index < -0.39 is 14.2 Å². The van der Waals surface area contributed by atoms with Gasteiger partial charge < -0.3 is 4.57 Å². The van der Waals surface area contributed by atoms with Gasteiger partial charge in [0.05, 0.1) is 11.0 Å². The zero-order valence-corrected chi connectivity index (χ0v) is 32.9. The number of hydrogen-bond donors (Lipinski definition) is 0. The summed E-state index contributed by atoms with van der Waals surface area (Å²) in [4.78, 5) is 12.2. The summed E-state index contributed by atoms with van der Waals surface area (Å²) in [6, 6.07) is 63.6. The number of nitrogens with zero attached hydrogens (tertiary/aromatic N) is 4. The number of hydrogen-bond acceptors (Lipinski definition) is 4. The van der Waals surface area contributed by atoms with Crippen LogP contribution in [0.1, 0.15) is 17.3 Å². The van der Waals surface area contributed by atoms with Gasteiger partial charge in [-0.1, -0.05) is 127 Å². The van der Waals surface area contributed by atoms with Crippen LogP contribution in [0.5, 0.6) is 0 Å². The first-order valence-corrected chi connectivity index (χ1v) is 22.0. The number of halogens is 1. The number of thiophene rings is 1. The molecule has 57 heavy (non-hydrogen) atoms. The molecule has 0 N–H and O–H groups in total. The minimum absolute atomic E-state index is 0.584. The highest BCUT2D eigenvalue weighted by Gasteiger charge is 2.49. The van der Waals surface area contributed by atoms with E-state index in [0.717, 1.165) is 39.6 Å². The molecule has 0 radical (unpaired) electrons. The predicted octanol–water partition coefficient (Wildman–Crippen LogP) is 10.2. The zero-order chi connectivity index (χ0) is 38.1. The third-order valence-electron chi connectivity index (χ3n) is 11.6. The van der Waals surface area contributed by atoms with Crippen molar-refractivity contribution in [1.29, 1.82) is 0 Å². The van der Waals surface area contributed by atoms with Crippen molar-refractivity contribution in [1.82, 2.24) is 14.5 Å². The third kappa shape index (κ3) is 5.16. The van der Waals surface area contributed by atoms with Crippen LogP contribution < -0.4 is 25.6 Å².